The molecule has 0 spiro atoms. The van der Waals surface area contributed by atoms with Gasteiger partial charge in [-0.25, -0.2) is 0 Å². The first-order valence-electron chi connectivity index (χ1n) is 6.04. The lowest BCUT2D eigenvalue weighted by Crippen LogP contribution is -2.23. The largest absolute Gasteiger partial charge is 0.392 e. The molecule has 2 heteroatoms. The Bertz CT molecular complexity index is 290. The molecule has 0 radical (unpaired) electrons. The lowest BCUT2D eigenvalue weighted by Gasteiger charge is -2.08. The quantitative estimate of drug-likeness (QED) is 0.773. The summed E-state index contributed by atoms with van der Waals surface area (Å²) in [5.74, 6) is 0.708. The highest BCUT2D eigenvalue weighted by Crippen LogP contribution is 2.09. The van der Waals surface area contributed by atoms with Gasteiger partial charge in [0.15, 0.2) is 0 Å². The third kappa shape index (κ3) is 5.29. The maximum Gasteiger partial charge on any atom is 0.0636 e. The zero-order valence-electron chi connectivity index (χ0n) is 10.5. The van der Waals surface area contributed by atoms with Gasteiger partial charge in [-0.3, -0.25) is 0 Å². The van der Waals surface area contributed by atoms with E-state index in [1.54, 1.807) is 6.92 Å². The van der Waals surface area contributed by atoms with Crippen LogP contribution < -0.4 is 5.32 Å². The van der Waals surface area contributed by atoms with Crippen molar-refractivity contribution in [3.05, 3.63) is 35.4 Å². The van der Waals surface area contributed by atoms with Gasteiger partial charge in [0.25, 0.3) is 0 Å². The Balaban J connectivity index is 2.39. The Hall–Kier alpha value is -0.860. The molecule has 0 amide bonds. The van der Waals surface area contributed by atoms with E-state index in [0.29, 0.717) is 12.5 Å². The Morgan fingerprint density at radius 3 is 2.12 bits per heavy atom. The van der Waals surface area contributed by atoms with Gasteiger partial charge < -0.3 is 10.4 Å². The standard InChI is InChI=1S/C14H23NO/c1-11(2)8-13-4-6-14(7-5-13)10-15-9-12(3)16/h4-7,11-12,15-16H,8-10H2,1-3H3. The fourth-order valence-electron chi connectivity index (χ4n) is 1.69. The van der Waals surface area contributed by atoms with Crippen LogP contribution in [0.1, 0.15) is 31.9 Å². The Morgan fingerprint density at radius 1 is 1.06 bits per heavy atom. The molecule has 0 fully saturated rings. The number of rotatable bonds is 6. The molecule has 0 aliphatic rings. The second-order valence-electron chi connectivity index (χ2n) is 4.89. The average Bonchev–Trinajstić information content (AvgIpc) is 2.19. The molecule has 16 heavy (non-hydrogen) atoms. The van der Waals surface area contributed by atoms with Crippen molar-refractivity contribution in [1.29, 1.82) is 0 Å². The van der Waals surface area contributed by atoms with Gasteiger partial charge in [0.2, 0.25) is 0 Å². The summed E-state index contributed by atoms with van der Waals surface area (Å²) in [4.78, 5) is 0. The van der Waals surface area contributed by atoms with Gasteiger partial charge in [0.1, 0.15) is 0 Å². The second-order valence-corrected chi connectivity index (χ2v) is 4.89. The summed E-state index contributed by atoms with van der Waals surface area (Å²) in [6.07, 6.45) is 0.863. The van der Waals surface area contributed by atoms with Gasteiger partial charge in [-0.1, -0.05) is 38.1 Å². The minimum absolute atomic E-state index is 0.278. The third-order valence-corrected chi connectivity index (χ3v) is 2.44. The first-order valence-corrected chi connectivity index (χ1v) is 6.04. The lowest BCUT2D eigenvalue weighted by molar-refractivity contribution is 0.191. The number of aliphatic hydroxyl groups is 1. The van der Waals surface area contributed by atoms with Crippen molar-refractivity contribution in [3.63, 3.8) is 0 Å². The fraction of sp³-hybridized carbons (Fsp3) is 0.571. The van der Waals surface area contributed by atoms with Crippen molar-refractivity contribution in [3.8, 4) is 0 Å². The Kier molecular flexibility index (Phi) is 5.50. The zero-order chi connectivity index (χ0) is 12.0. The average molecular weight is 221 g/mol. The van der Waals surface area contributed by atoms with Crippen LogP contribution in [0, 0.1) is 5.92 Å². The van der Waals surface area contributed by atoms with Crippen molar-refractivity contribution in [2.24, 2.45) is 5.92 Å². The van der Waals surface area contributed by atoms with Gasteiger partial charge >= 0.3 is 0 Å². The Labute approximate surface area is 98.7 Å². The molecule has 0 saturated heterocycles. The van der Waals surface area contributed by atoms with E-state index in [1.807, 2.05) is 0 Å². The molecule has 0 bridgehead atoms. The van der Waals surface area contributed by atoms with Crippen LogP contribution in [0.2, 0.25) is 0 Å². The number of hydrogen-bond donors (Lipinski definition) is 2. The van der Waals surface area contributed by atoms with Crippen molar-refractivity contribution < 1.29 is 5.11 Å². The van der Waals surface area contributed by atoms with Gasteiger partial charge in [0.05, 0.1) is 6.10 Å². The van der Waals surface area contributed by atoms with Crippen molar-refractivity contribution in [2.45, 2.75) is 39.8 Å². The summed E-state index contributed by atoms with van der Waals surface area (Å²) in [5, 5.41) is 12.3. The number of nitrogens with one attached hydrogen (secondary N) is 1. The van der Waals surface area contributed by atoms with E-state index in [2.05, 4.69) is 43.4 Å². The van der Waals surface area contributed by atoms with Crippen LogP contribution in [0.5, 0.6) is 0 Å². The normalized spacial score (nSPS) is 13.1. The third-order valence-electron chi connectivity index (χ3n) is 2.44. The lowest BCUT2D eigenvalue weighted by atomic mass is 10.0. The van der Waals surface area contributed by atoms with Gasteiger partial charge in [-0.05, 0) is 30.4 Å². The van der Waals surface area contributed by atoms with Crippen LogP contribution in [0.4, 0.5) is 0 Å². The van der Waals surface area contributed by atoms with Crippen LogP contribution in [-0.2, 0) is 13.0 Å². The van der Waals surface area contributed by atoms with Crippen LogP contribution in [-0.4, -0.2) is 17.8 Å². The van der Waals surface area contributed by atoms with E-state index >= 15 is 0 Å². The van der Waals surface area contributed by atoms with Crippen molar-refractivity contribution in [1.82, 2.24) is 5.32 Å². The number of aliphatic hydroxyl groups excluding tert-OH is 1. The maximum absolute atomic E-state index is 9.11. The summed E-state index contributed by atoms with van der Waals surface area (Å²) in [6, 6.07) is 8.71. The monoisotopic (exact) mass is 221 g/mol. The minimum Gasteiger partial charge on any atom is -0.392 e. The summed E-state index contributed by atoms with van der Waals surface area (Å²) in [5.41, 5.74) is 2.67. The van der Waals surface area contributed by atoms with E-state index in [4.69, 9.17) is 5.11 Å². The predicted octanol–water partition coefficient (Wildman–Crippen LogP) is 2.36. The highest BCUT2D eigenvalue weighted by molar-refractivity contribution is 5.22. The van der Waals surface area contributed by atoms with Crippen LogP contribution in [0.3, 0.4) is 0 Å². The number of benzene rings is 1. The molecule has 2 N–H and O–H groups in total. The van der Waals surface area contributed by atoms with Gasteiger partial charge in [0, 0.05) is 13.1 Å². The minimum atomic E-state index is -0.278. The van der Waals surface area contributed by atoms with E-state index in [1.165, 1.54) is 11.1 Å². The number of hydrogen-bond acceptors (Lipinski definition) is 2. The topological polar surface area (TPSA) is 32.3 Å². The van der Waals surface area contributed by atoms with E-state index in [0.717, 1.165) is 13.0 Å². The molecular formula is C14H23NO. The van der Waals surface area contributed by atoms with E-state index in [9.17, 15) is 0 Å². The second kappa shape index (κ2) is 6.66. The molecule has 1 unspecified atom stereocenters. The molecule has 0 aliphatic heterocycles. The van der Waals surface area contributed by atoms with E-state index in [-0.39, 0.29) is 6.10 Å². The van der Waals surface area contributed by atoms with Gasteiger partial charge in [-0.2, -0.15) is 0 Å². The molecule has 0 heterocycles. The van der Waals surface area contributed by atoms with Crippen molar-refractivity contribution in [2.75, 3.05) is 6.54 Å². The summed E-state index contributed by atoms with van der Waals surface area (Å²) >= 11 is 0. The highest BCUT2D eigenvalue weighted by atomic mass is 16.3. The Morgan fingerprint density at radius 2 is 1.62 bits per heavy atom. The van der Waals surface area contributed by atoms with Gasteiger partial charge in [-0.15, -0.1) is 0 Å². The molecular weight excluding hydrogens is 198 g/mol. The molecule has 90 valence electrons. The molecule has 1 aromatic carbocycles. The zero-order valence-corrected chi connectivity index (χ0v) is 10.5. The molecule has 2 nitrogen and oxygen atoms in total. The molecule has 0 saturated carbocycles. The molecule has 1 atom stereocenters. The molecule has 0 aliphatic carbocycles. The summed E-state index contributed by atoms with van der Waals surface area (Å²) in [7, 11) is 0. The van der Waals surface area contributed by atoms with Crippen LogP contribution in [0.25, 0.3) is 0 Å². The first-order chi connectivity index (χ1) is 7.58. The molecule has 1 aromatic rings. The SMILES string of the molecule is CC(C)Cc1ccc(CNCC(C)O)cc1. The molecule has 0 aromatic heterocycles. The summed E-state index contributed by atoms with van der Waals surface area (Å²) < 4.78 is 0. The van der Waals surface area contributed by atoms with Crippen LogP contribution in [0.15, 0.2) is 24.3 Å². The fourth-order valence-corrected chi connectivity index (χ4v) is 1.69. The highest BCUT2D eigenvalue weighted by Gasteiger charge is 1.99. The van der Waals surface area contributed by atoms with Crippen LogP contribution >= 0.6 is 0 Å². The summed E-state index contributed by atoms with van der Waals surface area (Å²) in [6.45, 7) is 7.73. The maximum atomic E-state index is 9.11. The first kappa shape index (κ1) is 13.2. The predicted molar refractivity (Wildman–Crippen MR) is 68.4 cm³/mol. The smallest absolute Gasteiger partial charge is 0.0636 e. The molecule has 1 rings (SSSR count). The van der Waals surface area contributed by atoms with E-state index < -0.39 is 0 Å². The van der Waals surface area contributed by atoms with Crippen molar-refractivity contribution >= 4 is 0 Å².